The van der Waals surface area contributed by atoms with Crippen molar-refractivity contribution >= 4 is 23.5 Å². The second kappa shape index (κ2) is 4.69. The molecule has 0 saturated heterocycles. The number of nitrogen functional groups attached to an aromatic ring is 1. The van der Waals surface area contributed by atoms with Crippen molar-refractivity contribution in [1.82, 2.24) is 9.97 Å². The van der Waals surface area contributed by atoms with Gasteiger partial charge in [-0.2, -0.15) is 0 Å². The lowest BCUT2D eigenvalue weighted by Gasteiger charge is -2.16. The first-order valence-electron chi connectivity index (χ1n) is 4.85. The SMILES string of the molecule is CC(C)(C)SCc1ncc(C(N)=O)c(N)n1. The molecule has 6 heteroatoms. The Hall–Kier alpha value is -1.30. The molecule has 1 rings (SSSR count). The third-order valence-corrected chi connectivity index (χ3v) is 3.04. The maximum Gasteiger partial charge on any atom is 0.254 e. The summed E-state index contributed by atoms with van der Waals surface area (Å²) in [7, 11) is 0. The number of hydrogen-bond donors (Lipinski definition) is 2. The quantitative estimate of drug-likeness (QED) is 0.827. The normalized spacial score (nSPS) is 11.4. The van der Waals surface area contributed by atoms with E-state index in [0.717, 1.165) is 0 Å². The van der Waals surface area contributed by atoms with Gasteiger partial charge in [-0.3, -0.25) is 4.79 Å². The summed E-state index contributed by atoms with van der Waals surface area (Å²) in [6.07, 6.45) is 1.38. The third kappa shape index (κ3) is 3.69. The van der Waals surface area contributed by atoms with Gasteiger partial charge in [0.1, 0.15) is 11.6 Å². The molecule has 0 aromatic carbocycles. The van der Waals surface area contributed by atoms with Crippen molar-refractivity contribution in [2.75, 3.05) is 5.73 Å². The molecule has 0 aliphatic rings. The monoisotopic (exact) mass is 240 g/mol. The Balaban J connectivity index is 2.78. The first-order chi connectivity index (χ1) is 7.29. The molecule has 5 nitrogen and oxygen atoms in total. The number of rotatable bonds is 3. The van der Waals surface area contributed by atoms with E-state index in [1.165, 1.54) is 6.20 Å². The van der Waals surface area contributed by atoms with E-state index in [0.29, 0.717) is 11.6 Å². The highest BCUT2D eigenvalue weighted by Gasteiger charge is 2.13. The topological polar surface area (TPSA) is 94.9 Å². The molecule has 1 amide bonds. The van der Waals surface area contributed by atoms with Crippen LogP contribution in [0.15, 0.2) is 6.20 Å². The van der Waals surface area contributed by atoms with Crippen LogP contribution in [0.4, 0.5) is 5.82 Å². The number of carbonyl (C=O) groups excluding carboxylic acids is 1. The summed E-state index contributed by atoms with van der Waals surface area (Å²) in [6.45, 7) is 6.33. The highest BCUT2D eigenvalue weighted by atomic mass is 32.2. The number of hydrogen-bond acceptors (Lipinski definition) is 5. The van der Waals surface area contributed by atoms with Crippen LogP contribution in [0.3, 0.4) is 0 Å². The second-order valence-electron chi connectivity index (χ2n) is 4.35. The van der Waals surface area contributed by atoms with Crippen LogP contribution in [-0.4, -0.2) is 20.6 Å². The van der Waals surface area contributed by atoms with Crippen LogP contribution in [-0.2, 0) is 5.75 Å². The number of nitrogens with two attached hydrogens (primary N) is 2. The van der Waals surface area contributed by atoms with Crippen LogP contribution in [0.25, 0.3) is 0 Å². The van der Waals surface area contributed by atoms with Crippen LogP contribution in [0, 0.1) is 0 Å². The van der Waals surface area contributed by atoms with Crippen LogP contribution in [0.1, 0.15) is 37.0 Å². The molecule has 0 bridgehead atoms. The molecule has 1 aromatic heterocycles. The summed E-state index contributed by atoms with van der Waals surface area (Å²) >= 11 is 1.71. The molecular weight excluding hydrogens is 224 g/mol. The van der Waals surface area contributed by atoms with Gasteiger partial charge in [0.15, 0.2) is 0 Å². The Morgan fingerprint density at radius 3 is 2.56 bits per heavy atom. The van der Waals surface area contributed by atoms with E-state index in [4.69, 9.17) is 11.5 Å². The van der Waals surface area contributed by atoms with Gasteiger partial charge in [-0.25, -0.2) is 9.97 Å². The number of aromatic nitrogens is 2. The Morgan fingerprint density at radius 1 is 1.50 bits per heavy atom. The van der Waals surface area contributed by atoms with Crippen LogP contribution >= 0.6 is 11.8 Å². The fraction of sp³-hybridized carbons (Fsp3) is 0.500. The summed E-state index contributed by atoms with van der Waals surface area (Å²) in [5, 5.41) is 0. The van der Waals surface area contributed by atoms with Gasteiger partial charge in [0.05, 0.1) is 11.3 Å². The summed E-state index contributed by atoms with van der Waals surface area (Å²) in [6, 6.07) is 0. The number of primary amides is 1. The van der Waals surface area contributed by atoms with Gasteiger partial charge in [0, 0.05) is 10.9 Å². The largest absolute Gasteiger partial charge is 0.383 e. The lowest BCUT2D eigenvalue weighted by Crippen LogP contribution is -2.16. The summed E-state index contributed by atoms with van der Waals surface area (Å²) in [4.78, 5) is 19.0. The van der Waals surface area contributed by atoms with E-state index < -0.39 is 5.91 Å². The van der Waals surface area contributed by atoms with Crippen LogP contribution in [0.5, 0.6) is 0 Å². The number of amides is 1. The predicted octanol–water partition coefficient (Wildman–Crippen LogP) is 1.19. The maximum absolute atomic E-state index is 10.9. The zero-order valence-electron chi connectivity index (χ0n) is 9.65. The van der Waals surface area contributed by atoms with Crippen LogP contribution in [0.2, 0.25) is 0 Å². The van der Waals surface area contributed by atoms with E-state index >= 15 is 0 Å². The van der Waals surface area contributed by atoms with E-state index in [1.807, 2.05) is 0 Å². The van der Waals surface area contributed by atoms with Gasteiger partial charge in [-0.15, -0.1) is 11.8 Å². The lowest BCUT2D eigenvalue weighted by molar-refractivity contribution is 0.100. The Kier molecular flexibility index (Phi) is 3.74. The van der Waals surface area contributed by atoms with Crippen molar-refractivity contribution in [3.63, 3.8) is 0 Å². The third-order valence-electron chi connectivity index (χ3n) is 1.77. The molecule has 16 heavy (non-hydrogen) atoms. The van der Waals surface area contributed by atoms with Gasteiger partial charge in [-0.1, -0.05) is 20.8 Å². The van der Waals surface area contributed by atoms with Crippen molar-refractivity contribution in [3.05, 3.63) is 17.6 Å². The zero-order chi connectivity index (χ0) is 12.3. The number of anilines is 1. The summed E-state index contributed by atoms with van der Waals surface area (Å²) < 4.78 is 0.139. The zero-order valence-corrected chi connectivity index (χ0v) is 10.5. The molecule has 0 saturated carbocycles. The van der Waals surface area contributed by atoms with Gasteiger partial charge in [-0.05, 0) is 0 Å². The fourth-order valence-electron chi connectivity index (χ4n) is 0.974. The van der Waals surface area contributed by atoms with Gasteiger partial charge < -0.3 is 11.5 Å². The van der Waals surface area contributed by atoms with Gasteiger partial charge in [0.2, 0.25) is 0 Å². The van der Waals surface area contributed by atoms with Crippen molar-refractivity contribution < 1.29 is 4.79 Å². The molecule has 4 N–H and O–H groups in total. The van der Waals surface area contributed by atoms with Crippen LogP contribution < -0.4 is 11.5 Å². The molecular formula is C10H16N4OS. The van der Waals surface area contributed by atoms with E-state index in [1.54, 1.807) is 11.8 Å². The standard InChI is InChI=1S/C10H16N4OS/c1-10(2,3)16-5-7-13-4-6(9(12)15)8(11)14-7/h4H,5H2,1-3H3,(H2,12,15)(H2,11,13,14). The molecule has 1 heterocycles. The molecule has 0 atom stereocenters. The van der Waals surface area contributed by atoms with E-state index in [9.17, 15) is 4.79 Å². The van der Waals surface area contributed by atoms with E-state index in [-0.39, 0.29) is 16.1 Å². The minimum Gasteiger partial charge on any atom is -0.383 e. The molecule has 1 aromatic rings. The Labute approximate surface area is 99.0 Å². The molecule has 0 aliphatic carbocycles. The number of thioether (sulfide) groups is 1. The highest BCUT2D eigenvalue weighted by molar-refractivity contribution is 7.99. The minimum atomic E-state index is -0.604. The van der Waals surface area contributed by atoms with Crippen molar-refractivity contribution in [2.45, 2.75) is 31.3 Å². The first-order valence-corrected chi connectivity index (χ1v) is 5.83. The minimum absolute atomic E-state index is 0.139. The average Bonchev–Trinajstić information content (AvgIpc) is 2.13. The molecule has 88 valence electrons. The molecule has 0 aliphatic heterocycles. The first kappa shape index (κ1) is 12.8. The lowest BCUT2D eigenvalue weighted by atomic mass is 10.3. The summed E-state index contributed by atoms with van der Waals surface area (Å²) in [5.74, 6) is 0.814. The number of carbonyl (C=O) groups is 1. The molecule has 0 radical (unpaired) electrons. The van der Waals surface area contributed by atoms with Gasteiger partial charge >= 0.3 is 0 Å². The molecule has 0 unspecified atom stereocenters. The average molecular weight is 240 g/mol. The van der Waals surface area contributed by atoms with Crippen molar-refractivity contribution in [2.24, 2.45) is 5.73 Å². The Morgan fingerprint density at radius 2 is 2.12 bits per heavy atom. The summed E-state index contributed by atoms with van der Waals surface area (Å²) in [5.41, 5.74) is 10.9. The Bertz CT molecular complexity index is 400. The number of nitrogens with zero attached hydrogens (tertiary/aromatic N) is 2. The molecule has 0 fully saturated rings. The van der Waals surface area contributed by atoms with Crippen molar-refractivity contribution in [3.8, 4) is 0 Å². The van der Waals surface area contributed by atoms with E-state index in [2.05, 4.69) is 30.7 Å². The highest BCUT2D eigenvalue weighted by Crippen LogP contribution is 2.26. The predicted molar refractivity (Wildman–Crippen MR) is 66.0 cm³/mol. The fourth-order valence-corrected chi connectivity index (χ4v) is 1.67. The second-order valence-corrected chi connectivity index (χ2v) is 6.15. The van der Waals surface area contributed by atoms with Gasteiger partial charge in [0.25, 0.3) is 5.91 Å². The maximum atomic E-state index is 10.9. The van der Waals surface area contributed by atoms with Crippen molar-refractivity contribution in [1.29, 1.82) is 0 Å². The molecule has 0 spiro atoms. The smallest absolute Gasteiger partial charge is 0.254 e.